The second kappa shape index (κ2) is 5.84. The molecule has 1 spiro atoms. The Labute approximate surface area is 126 Å². The molecule has 1 aliphatic carbocycles. The van der Waals surface area contributed by atoms with Crippen molar-refractivity contribution in [1.82, 2.24) is 5.32 Å². The molecule has 0 amide bonds. The summed E-state index contributed by atoms with van der Waals surface area (Å²) >= 11 is 0. The molecule has 1 saturated carbocycles. The van der Waals surface area contributed by atoms with Crippen molar-refractivity contribution < 1.29 is 9.13 Å². The largest absolute Gasteiger partial charge is 0.491 e. The second-order valence-electron chi connectivity index (χ2n) is 6.39. The van der Waals surface area contributed by atoms with Crippen LogP contribution in [0.4, 0.5) is 10.1 Å². The Balaban J connectivity index is 1.82. The van der Waals surface area contributed by atoms with Gasteiger partial charge in [-0.3, -0.25) is 0 Å². The van der Waals surface area contributed by atoms with Gasteiger partial charge in [0.25, 0.3) is 0 Å². The van der Waals surface area contributed by atoms with Crippen molar-refractivity contribution in [3.63, 3.8) is 0 Å². The van der Waals surface area contributed by atoms with Gasteiger partial charge in [-0.2, -0.15) is 0 Å². The number of nitrogens with one attached hydrogen (secondary N) is 1. The van der Waals surface area contributed by atoms with Crippen LogP contribution >= 0.6 is 0 Å². The van der Waals surface area contributed by atoms with Gasteiger partial charge in [0.1, 0.15) is 0 Å². The first-order valence-electron chi connectivity index (χ1n) is 8.07. The summed E-state index contributed by atoms with van der Waals surface area (Å²) in [5.74, 6) is 0.0835. The number of hydrogen-bond acceptors (Lipinski definition) is 3. The van der Waals surface area contributed by atoms with E-state index < -0.39 is 0 Å². The molecule has 1 N–H and O–H groups in total. The van der Waals surface area contributed by atoms with E-state index in [9.17, 15) is 4.39 Å². The van der Waals surface area contributed by atoms with Crippen molar-refractivity contribution >= 4 is 5.69 Å². The van der Waals surface area contributed by atoms with Gasteiger partial charge in [-0.05, 0) is 38.8 Å². The fraction of sp³-hybridized carbons (Fsp3) is 0.647. The van der Waals surface area contributed by atoms with Crippen LogP contribution in [-0.2, 0) is 0 Å². The van der Waals surface area contributed by atoms with Crippen molar-refractivity contribution in [2.24, 2.45) is 0 Å². The highest BCUT2D eigenvalue weighted by atomic mass is 19.1. The first kappa shape index (κ1) is 14.6. The SMILES string of the molecule is CCOc1ccc(N2CC3(CCCC3)NCC2C)cc1F. The number of halogens is 1. The molecule has 4 heteroatoms. The molecule has 3 rings (SSSR count). The van der Waals surface area contributed by atoms with Crippen molar-refractivity contribution in [2.75, 3.05) is 24.6 Å². The van der Waals surface area contributed by atoms with Gasteiger partial charge in [0.2, 0.25) is 0 Å². The zero-order chi connectivity index (χ0) is 14.9. The number of nitrogens with zero attached hydrogens (tertiary/aromatic N) is 1. The topological polar surface area (TPSA) is 24.5 Å². The summed E-state index contributed by atoms with van der Waals surface area (Å²) in [6, 6.07) is 5.74. The molecule has 1 aromatic rings. The first-order valence-corrected chi connectivity index (χ1v) is 8.07. The normalized spacial score (nSPS) is 24.5. The van der Waals surface area contributed by atoms with Crippen LogP contribution in [0.1, 0.15) is 39.5 Å². The minimum absolute atomic E-state index is 0.238. The molecule has 1 aliphatic heterocycles. The maximum absolute atomic E-state index is 14.1. The van der Waals surface area contributed by atoms with Gasteiger partial charge in [-0.25, -0.2) is 4.39 Å². The fourth-order valence-corrected chi connectivity index (χ4v) is 3.69. The van der Waals surface area contributed by atoms with Crippen LogP contribution in [0, 0.1) is 5.82 Å². The predicted molar refractivity (Wildman–Crippen MR) is 83.6 cm³/mol. The summed E-state index contributed by atoms with van der Waals surface area (Å²) in [6.45, 7) is 6.50. The Morgan fingerprint density at radius 3 is 2.81 bits per heavy atom. The highest BCUT2D eigenvalue weighted by Crippen LogP contribution is 2.35. The van der Waals surface area contributed by atoms with Crippen LogP contribution in [0.15, 0.2) is 18.2 Å². The number of benzene rings is 1. The van der Waals surface area contributed by atoms with Crippen LogP contribution in [-0.4, -0.2) is 31.3 Å². The summed E-state index contributed by atoms with van der Waals surface area (Å²) in [5.41, 5.74) is 1.21. The first-order chi connectivity index (χ1) is 10.1. The standard InChI is InChI=1S/C17H25FN2O/c1-3-21-16-7-6-14(10-15(16)18)20-12-17(8-4-5-9-17)19-11-13(20)2/h6-7,10,13,19H,3-5,8-9,11-12H2,1-2H3. The van der Waals surface area contributed by atoms with E-state index in [1.54, 1.807) is 12.1 Å². The van der Waals surface area contributed by atoms with Gasteiger partial charge >= 0.3 is 0 Å². The van der Waals surface area contributed by atoms with E-state index in [-0.39, 0.29) is 11.4 Å². The average molecular weight is 292 g/mol. The number of ether oxygens (including phenoxy) is 1. The molecule has 1 atom stereocenters. The number of piperazine rings is 1. The molecule has 21 heavy (non-hydrogen) atoms. The summed E-state index contributed by atoms with van der Waals surface area (Å²) in [5, 5.41) is 3.73. The minimum Gasteiger partial charge on any atom is -0.491 e. The maximum Gasteiger partial charge on any atom is 0.167 e. The highest BCUT2D eigenvalue weighted by Gasteiger charge is 2.40. The van der Waals surface area contributed by atoms with Crippen LogP contribution < -0.4 is 15.0 Å². The smallest absolute Gasteiger partial charge is 0.167 e. The quantitative estimate of drug-likeness (QED) is 0.925. The Bertz CT molecular complexity index is 500. The third-order valence-corrected chi connectivity index (χ3v) is 4.89. The zero-order valence-electron chi connectivity index (χ0n) is 13.0. The lowest BCUT2D eigenvalue weighted by Gasteiger charge is -2.46. The maximum atomic E-state index is 14.1. The fourth-order valence-electron chi connectivity index (χ4n) is 3.69. The van der Waals surface area contributed by atoms with Gasteiger partial charge in [0.05, 0.1) is 6.61 Å². The van der Waals surface area contributed by atoms with Gasteiger partial charge in [0, 0.05) is 36.4 Å². The van der Waals surface area contributed by atoms with Crippen molar-refractivity contribution in [2.45, 2.75) is 51.1 Å². The number of anilines is 1. The predicted octanol–water partition coefficient (Wildman–Crippen LogP) is 3.34. The van der Waals surface area contributed by atoms with Crippen LogP contribution in [0.5, 0.6) is 5.75 Å². The monoisotopic (exact) mass is 292 g/mol. The lowest BCUT2D eigenvalue weighted by Crippen LogP contribution is -2.62. The number of hydrogen-bond donors (Lipinski definition) is 1. The van der Waals surface area contributed by atoms with Crippen molar-refractivity contribution in [1.29, 1.82) is 0 Å². The van der Waals surface area contributed by atoms with Gasteiger partial charge in [-0.15, -0.1) is 0 Å². The van der Waals surface area contributed by atoms with Crippen LogP contribution in [0.2, 0.25) is 0 Å². The summed E-state index contributed by atoms with van der Waals surface area (Å²) in [7, 11) is 0. The lowest BCUT2D eigenvalue weighted by molar-refractivity contribution is 0.276. The lowest BCUT2D eigenvalue weighted by atomic mass is 9.92. The van der Waals surface area contributed by atoms with E-state index >= 15 is 0 Å². The van der Waals surface area contributed by atoms with Gasteiger partial charge in [-0.1, -0.05) is 12.8 Å². The van der Waals surface area contributed by atoms with Gasteiger partial charge < -0.3 is 15.0 Å². The minimum atomic E-state index is -0.263. The molecule has 2 aliphatic rings. The van der Waals surface area contributed by atoms with E-state index in [2.05, 4.69) is 17.1 Å². The molecule has 116 valence electrons. The second-order valence-corrected chi connectivity index (χ2v) is 6.39. The Kier molecular flexibility index (Phi) is 4.07. The molecule has 1 aromatic carbocycles. The third-order valence-electron chi connectivity index (χ3n) is 4.89. The zero-order valence-corrected chi connectivity index (χ0v) is 13.0. The average Bonchev–Trinajstić information content (AvgIpc) is 2.93. The number of rotatable bonds is 3. The molecule has 0 aromatic heterocycles. The van der Waals surface area contributed by atoms with Crippen molar-refractivity contribution in [3.05, 3.63) is 24.0 Å². The van der Waals surface area contributed by atoms with Crippen LogP contribution in [0.25, 0.3) is 0 Å². The Hall–Kier alpha value is -1.29. The Morgan fingerprint density at radius 1 is 1.38 bits per heavy atom. The van der Waals surface area contributed by atoms with E-state index in [1.165, 1.54) is 25.7 Å². The van der Waals surface area contributed by atoms with Crippen LogP contribution in [0.3, 0.4) is 0 Å². The molecule has 0 bridgehead atoms. The van der Waals surface area contributed by atoms with E-state index in [1.807, 2.05) is 13.0 Å². The van der Waals surface area contributed by atoms with Crippen molar-refractivity contribution in [3.8, 4) is 5.75 Å². The summed E-state index contributed by atoms with van der Waals surface area (Å²) < 4.78 is 19.4. The molecule has 2 fully saturated rings. The van der Waals surface area contributed by atoms with E-state index in [0.29, 0.717) is 18.4 Å². The molecule has 1 unspecified atom stereocenters. The summed E-state index contributed by atoms with van der Waals surface area (Å²) in [4.78, 5) is 2.35. The molecular weight excluding hydrogens is 267 g/mol. The third kappa shape index (κ3) is 2.86. The Morgan fingerprint density at radius 2 is 2.14 bits per heavy atom. The molecule has 0 radical (unpaired) electrons. The molecular formula is C17H25FN2O. The van der Waals surface area contributed by atoms with E-state index in [0.717, 1.165) is 18.8 Å². The highest BCUT2D eigenvalue weighted by molar-refractivity contribution is 5.52. The summed E-state index contributed by atoms with van der Waals surface area (Å²) in [6.07, 6.45) is 5.06. The van der Waals surface area contributed by atoms with Gasteiger partial charge in [0.15, 0.2) is 11.6 Å². The molecule has 1 saturated heterocycles. The molecule has 1 heterocycles. The van der Waals surface area contributed by atoms with E-state index in [4.69, 9.17) is 4.74 Å². The molecule has 3 nitrogen and oxygen atoms in total.